The number of benzene rings is 1. The Morgan fingerprint density at radius 3 is 2.74 bits per heavy atom. The van der Waals surface area contributed by atoms with E-state index in [-0.39, 0.29) is 24.2 Å². The minimum absolute atomic E-state index is 0.0190. The lowest BCUT2D eigenvalue weighted by molar-refractivity contribution is -0.126. The van der Waals surface area contributed by atoms with Gasteiger partial charge in [-0.1, -0.05) is 25.1 Å². The fourth-order valence-electron chi connectivity index (χ4n) is 2.78. The van der Waals surface area contributed by atoms with Crippen molar-refractivity contribution in [3.8, 4) is 0 Å². The first-order valence-corrected chi connectivity index (χ1v) is 8.74. The lowest BCUT2D eigenvalue weighted by Gasteiger charge is -2.17. The van der Waals surface area contributed by atoms with Gasteiger partial charge in [0.15, 0.2) is 0 Å². The van der Waals surface area contributed by atoms with Crippen LogP contribution in [-0.4, -0.2) is 18.4 Å². The van der Waals surface area contributed by atoms with Gasteiger partial charge >= 0.3 is 0 Å². The summed E-state index contributed by atoms with van der Waals surface area (Å²) in [7, 11) is 0. The summed E-state index contributed by atoms with van der Waals surface area (Å²) in [6, 6.07) is 11.9. The number of carbonyl (C=O) groups is 2. The van der Waals surface area contributed by atoms with Crippen LogP contribution in [0.4, 0.5) is 5.69 Å². The third-order valence-corrected chi connectivity index (χ3v) is 5.05. The molecule has 120 valence electrons. The van der Waals surface area contributed by atoms with Crippen molar-refractivity contribution in [1.29, 1.82) is 0 Å². The summed E-state index contributed by atoms with van der Waals surface area (Å²) in [5, 5.41) is 4.92. The lowest BCUT2D eigenvalue weighted by Crippen LogP contribution is -2.32. The maximum absolute atomic E-state index is 12.3. The number of nitrogens with one attached hydrogen (secondary N) is 1. The van der Waals surface area contributed by atoms with Crippen LogP contribution in [0.1, 0.15) is 23.8 Å². The van der Waals surface area contributed by atoms with E-state index in [1.165, 1.54) is 5.56 Å². The first kappa shape index (κ1) is 15.7. The number of aryl methyl sites for hydroxylation is 1. The highest BCUT2D eigenvalue weighted by Crippen LogP contribution is 2.25. The molecule has 1 aliphatic heterocycles. The fourth-order valence-corrected chi connectivity index (χ4v) is 3.42. The Bertz CT molecular complexity index is 680. The Kier molecular flexibility index (Phi) is 4.76. The van der Waals surface area contributed by atoms with Crippen LogP contribution in [0.5, 0.6) is 0 Å². The summed E-state index contributed by atoms with van der Waals surface area (Å²) in [5.74, 6) is -0.293. The molecule has 1 fully saturated rings. The van der Waals surface area contributed by atoms with Crippen molar-refractivity contribution in [3.63, 3.8) is 0 Å². The Morgan fingerprint density at radius 1 is 1.30 bits per heavy atom. The summed E-state index contributed by atoms with van der Waals surface area (Å²) in [6.45, 7) is 3.09. The van der Waals surface area contributed by atoms with Crippen LogP contribution in [0.25, 0.3) is 0 Å². The van der Waals surface area contributed by atoms with E-state index in [2.05, 4.69) is 12.2 Å². The van der Waals surface area contributed by atoms with Gasteiger partial charge in [0.2, 0.25) is 11.8 Å². The molecule has 4 nitrogen and oxygen atoms in total. The SMILES string of the molecule is CCc1ccc(N2C[C@@H](C(=O)NCc3cccs3)CC2=O)cc1. The second-order valence-electron chi connectivity index (χ2n) is 5.72. The van der Waals surface area contributed by atoms with Gasteiger partial charge < -0.3 is 10.2 Å². The standard InChI is InChI=1S/C18H20N2O2S/c1-2-13-5-7-15(8-6-13)20-12-14(10-17(20)21)18(22)19-11-16-4-3-9-23-16/h3-9,14H,2,10-12H2,1H3,(H,19,22)/t14-/m0/s1. The second kappa shape index (κ2) is 6.96. The molecule has 0 unspecified atom stereocenters. The van der Waals surface area contributed by atoms with Crippen LogP contribution in [0, 0.1) is 5.92 Å². The van der Waals surface area contributed by atoms with Crippen molar-refractivity contribution in [2.24, 2.45) is 5.92 Å². The molecule has 2 amide bonds. The third kappa shape index (κ3) is 3.62. The van der Waals surface area contributed by atoms with E-state index in [0.29, 0.717) is 13.1 Å². The molecule has 1 aromatic carbocycles. The zero-order chi connectivity index (χ0) is 16.2. The van der Waals surface area contributed by atoms with Gasteiger partial charge in [-0.3, -0.25) is 9.59 Å². The van der Waals surface area contributed by atoms with Gasteiger partial charge in [-0.05, 0) is 35.6 Å². The van der Waals surface area contributed by atoms with E-state index in [9.17, 15) is 9.59 Å². The van der Waals surface area contributed by atoms with Gasteiger partial charge in [-0.2, -0.15) is 0 Å². The van der Waals surface area contributed by atoms with Crippen LogP contribution in [-0.2, 0) is 22.6 Å². The van der Waals surface area contributed by atoms with Gasteiger partial charge in [0, 0.05) is 23.5 Å². The summed E-state index contributed by atoms with van der Waals surface area (Å²) in [4.78, 5) is 27.3. The molecule has 2 heterocycles. The Morgan fingerprint density at radius 2 is 2.09 bits per heavy atom. The smallest absolute Gasteiger partial charge is 0.227 e. The third-order valence-electron chi connectivity index (χ3n) is 4.17. The molecule has 23 heavy (non-hydrogen) atoms. The van der Waals surface area contributed by atoms with Crippen LogP contribution in [0.3, 0.4) is 0 Å². The first-order chi connectivity index (χ1) is 11.2. The number of hydrogen-bond acceptors (Lipinski definition) is 3. The number of carbonyl (C=O) groups excluding carboxylic acids is 2. The first-order valence-electron chi connectivity index (χ1n) is 7.86. The van der Waals surface area contributed by atoms with Crippen molar-refractivity contribution in [2.45, 2.75) is 26.3 Å². The van der Waals surface area contributed by atoms with E-state index in [1.807, 2.05) is 41.8 Å². The zero-order valence-corrected chi connectivity index (χ0v) is 13.9. The molecular weight excluding hydrogens is 308 g/mol. The van der Waals surface area contributed by atoms with Crippen LogP contribution >= 0.6 is 11.3 Å². The van der Waals surface area contributed by atoms with E-state index in [4.69, 9.17) is 0 Å². The zero-order valence-electron chi connectivity index (χ0n) is 13.1. The number of hydrogen-bond donors (Lipinski definition) is 1. The predicted octanol–water partition coefficient (Wildman–Crippen LogP) is 2.98. The van der Waals surface area contributed by atoms with Crippen molar-refractivity contribution in [1.82, 2.24) is 5.32 Å². The van der Waals surface area contributed by atoms with Gasteiger partial charge in [-0.15, -0.1) is 11.3 Å². The average Bonchev–Trinajstić information content (AvgIpc) is 3.22. The van der Waals surface area contributed by atoms with Crippen LogP contribution in [0.2, 0.25) is 0 Å². The molecule has 5 heteroatoms. The minimum Gasteiger partial charge on any atom is -0.351 e. The van der Waals surface area contributed by atoms with Crippen LogP contribution < -0.4 is 10.2 Å². The number of nitrogens with zero attached hydrogens (tertiary/aromatic N) is 1. The molecule has 1 atom stereocenters. The molecule has 0 aliphatic carbocycles. The Hall–Kier alpha value is -2.14. The summed E-state index contributed by atoms with van der Waals surface area (Å²) in [6.07, 6.45) is 1.26. The lowest BCUT2D eigenvalue weighted by atomic mass is 10.1. The highest BCUT2D eigenvalue weighted by atomic mass is 32.1. The molecule has 1 aliphatic rings. The van der Waals surface area contributed by atoms with Crippen molar-refractivity contribution in [2.75, 3.05) is 11.4 Å². The molecule has 0 bridgehead atoms. The molecule has 1 N–H and O–H groups in total. The van der Waals surface area contributed by atoms with Gasteiger partial charge in [0.1, 0.15) is 0 Å². The minimum atomic E-state index is -0.270. The largest absolute Gasteiger partial charge is 0.351 e. The molecule has 0 radical (unpaired) electrons. The number of rotatable bonds is 5. The maximum atomic E-state index is 12.3. The predicted molar refractivity (Wildman–Crippen MR) is 92.4 cm³/mol. The molecule has 1 aromatic heterocycles. The van der Waals surface area contributed by atoms with Crippen molar-refractivity contribution >= 4 is 28.8 Å². The molecule has 3 rings (SSSR count). The topological polar surface area (TPSA) is 49.4 Å². The monoisotopic (exact) mass is 328 g/mol. The van der Waals surface area contributed by atoms with E-state index in [1.54, 1.807) is 16.2 Å². The molecule has 2 aromatic rings. The molecule has 1 saturated heterocycles. The summed E-state index contributed by atoms with van der Waals surface area (Å²) < 4.78 is 0. The highest BCUT2D eigenvalue weighted by Gasteiger charge is 2.34. The van der Waals surface area contributed by atoms with Gasteiger partial charge in [0.25, 0.3) is 0 Å². The molecule has 0 saturated carbocycles. The highest BCUT2D eigenvalue weighted by molar-refractivity contribution is 7.09. The fraction of sp³-hybridized carbons (Fsp3) is 0.333. The average molecular weight is 328 g/mol. The van der Waals surface area contributed by atoms with Crippen molar-refractivity contribution in [3.05, 3.63) is 52.2 Å². The maximum Gasteiger partial charge on any atom is 0.227 e. The van der Waals surface area contributed by atoms with Gasteiger partial charge in [-0.25, -0.2) is 0 Å². The van der Waals surface area contributed by atoms with Gasteiger partial charge in [0.05, 0.1) is 12.5 Å². The molecule has 0 spiro atoms. The quantitative estimate of drug-likeness (QED) is 0.917. The number of anilines is 1. The van der Waals surface area contributed by atoms with E-state index in [0.717, 1.165) is 17.0 Å². The normalized spacial score (nSPS) is 17.5. The van der Waals surface area contributed by atoms with E-state index < -0.39 is 0 Å². The van der Waals surface area contributed by atoms with Crippen LogP contribution in [0.15, 0.2) is 41.8 Å². The Labute approximate surface area is 140 Å². The number of amides is 2. The number of thiophene rings is 1. The molecular formula is C18H20N2O2S. The Balaban J connectivity index is 1.60. The van der Waals surface area contributed by atoms with Crippen molar-refractivity contribution < 1.29 is 9.59 Å². The summed E-state index contributed by atoms with van der Waals surface area (Å²) >= 11 is 1.62. The summed E-state index contributed by atoms with van der Waals surface area (Å²) in [5.41, 5.74) is 2.12. The van der Waals surface area contributed by atoms with E-state index >= 15 is 0 Å². The second-order valence-corrected chi connectivity index (χ2v) is 6.75.